The molecule has 0 saturated carbocycles. The Morgan fingerprint density at radius 1 is 1.53 bits per heavy atom. The fourth-order valence-corrected chi connectivity index (χ4v) is 3.10. The highest BCUT2D eigenvalue weighted by Gasteiger charge is 2.17. The van der Waals surface area contributed by atoms with E-state index in [0.29, 0.717) is 0 Å². The van der Waals surface area contributed by atoms with Crippen LogP contribution in [0.15, 0.2) is 27.5 Å². The Morgan fingerprint density at radius 2 is 2.33 bits per heavy atom. The van der Waals surface area contributed by atoms with Gasteiger partial charge >= 0.3 is 0 Å². The molecule has 1 unspecified atom stereocenters. The van der Waals surface area contributed by atoms with E-state index in [2.05, 4.69) is 37.1 Å². The fraction of sp³-hybridized carbons (Fsp3) is 0.300. The molecule has 0 bridgehead atoms. The first kappa shape index (κ1) is 10.9. The van der Waals surface area contributed by atoms with Crippen LogP contribution in [0, 0.1) is 0 Å². The number of nitrogens with one attached hydrogen (secondary N) is 1. The summed E-state index contributed by atoms with van der Waals surface area (Å²) in [4.78, 5) is 0. The maximum absolute atomic E-state index is 4.42. The van der Waals surface area contributed by atoms with Crippen molar-refractivity contribution < 1.29 is 0 Å². The molecule has 2 aromatic heterocycles. The number of aromatic nitrogens is 2. The Bertz CT molecular complexity index is 449. The third-order valence-electron chi connectivity index (χ3n) is 2.27. The van der Waals surface area contributed by atoms with Crippen molar-refractivity contribution >= 4 is 27.3 Å². The molecule has 0 aliphatic carbocycles. The molecular formula is C10H12BrN3S. The summed E-state index contributed by atoms with van der Waals surface area (Å²) in [6.45, 7) is 0. The number of hydrogen-bond donors (Lipinski definition) is 1. The summed E-state index contributed by atoms with van der Waals surface area (Å²) in [5.41, 5.74) is 2.28. The first-order chi connectivity index (χ1) is 7.22. The van der Waals surface area contributed by atoms with Gasteiger partial charge in [-0.1, -0.05) is 0 Å². The summed E-state index contributed by atoms with van der Waals surface area (Å²) in [7, 11) is 3.88. The number of aryl methyl sites for hydroxylation is 1. The van der Waals surface area contributed by atoms with Crippen LogP contribution in [-0.4, -0.2) is 16.8 Å². The van der Waals surface area contributed by atoms with Gasteiger partial charge in [0, 0.05) is 28.7 Å². The Balaban J connectivity index is 2.36. The van der Waals surface area contributed by atoms with Gasteiger partial charge in [0.2, 0.25) is 0 Å². The van der Waals surface area contributed by atoms with E-state index in [1.54, 1.807) is 11.3 Å². The largest absolute Gasteiger partial charge is 0.308 e. The van der Waals surface area contributed by atoms with Gasteiger partial charge in [0.05, 0.1) is 11.7 Å². The van der Waals surface area contributed by atoms with Crippen LogP contribution in [0.5, 0.6) is 0 Å². The minimum Gasteiger partial charge on any atom is -0.308 e. The van der Waals surface area contributed by atoms with Crippen molar-refractivity contribution in [2.24, 2.45) is 7.05 Å². The van der Waals surface area contributed by atoms with E-state index >= 15 is 0 Å². The summed E-state index contributed by atoms with van der Waals surface area (Å²) in [6, 6.07) is 2.19. The highest BCUT2D eigenvalue weighted by Crippen LogP contribution is 2.30. The zero-order chi connectivity index (χ0) is 10.8. The predicted molar refractivity (Wildman–Crippen MR) is 66.1 cm³/mol. The Hall–Kier alpha value is -0.650. The van der Waals surface area contributed by atoms with Crippen LogP contribution in [0.4, 0.5) is 0 Å². The van der Waals surface area contributed by atoms with Gasteiger partial charge in [0.15, 0.2) is 0 Å². The van der Waals surface area contributed by atoms with Crippen LogP contribution in [0.3, 0.4) is 0 Å². The number of thiophene rings is 1. The molecule has 2 aromatic rings. The lowest BCUT2D eigenvalue weighted by atomic mass is 10.1. The molecule has 5 heteroatoms. The first-order valence-corrected chi connectivity index (χ1v) is 6.34. The predicted octanol–water partition coefficient (Wildman–Crippen LogP) is 2.55. The van der Waals surface area contributed by atoms with Crippen molar-refractivity contribution in [2.45, 2.75) is 6.04 Å². The lowest BCUT2D eigenvalue weighted by Gasteiger charge is -2.12. The SMILES string of the molecule is CNC(c1ccn(C)n1)c1cscc1Br. The third-order valence-corrected chi connectivity index (χ3v) is 4.02. The first-order valence-electron chi connectivity index (χ1n) is 4.60. The number of nitrogens with zero attached hydrogens (tertiary/aromatic N) is 2. The van der Waals surface area contributed by atoms with Crippen molar-refractivity contribution in [2.75, 3.05) is 7.05 Å². The van der Waals surface area contributed by atoms with E-state index in [-0.39, 0.29) is 6.04 Å². The summed E-state index contributed by atoms with van der Waals surface area (Å²) >= 11 is 5.24. The molecule has 15 heavy (non-hydrogen) atoms. The average Bonchev–Trinajstić information content (AvgIpc) is 2.79. The van der Waals surface area contributed by atoms with E-state index in [1.807, 2.05) is 31.0 Å². The van der Waals surface area contributed by atoms with Gasteiger partial charge in [0.25, 0.3) is 0 Å². The molecule has 0 amide bonds. The Morgan fingerprint density at radius 3 is 2.80 bits per heavy atom. The molecule has 0 fully saturated rings. The molecule has 0 radical (unpaired) electrons. The molecule has 3 nitrogen and oxygen atoms in total. The molecule has 1 N–H and O–H groups in total. The molecule has 0 aromatic carbocycles. The van der Waals surface area contributed by atoms with Crippen LogP contribution in [0.2, 0.25) is 0 Å². The molecule has 0 aliphatic rings. The standard InChI is InChI=1S/C10H12BrN3S/c1-12-10(7-5-15-6-8(7)11)9-3-4-14(2)13-9/h3-6,10,12H,1-2H3. The van der Waals surface area contributed by atoms with E-state index in [1.165, 1.54) is 5.56 Å². The topological polar surface area (TPSA) is 29.9 Å². The van der Waals surface area contributed by atoms with Gasteiger partial charge in [0.1, 0.15) is 0 Å². The Kier molecular flexibility index (Phi) is 3.23. The lowest BCUT2D eigenvalue weighted by molar-refractivity contribution is 0.642. The highest BCUT2D eigenvalue weighted by atomic mass is 79.9. The average molecular weight is 286 g/mol. The second kappa shape index (κ2) is 4.47. The zero-order valence-corrected chi connectivity index (χ0v) is 11.0. The van der Waals surface area contributed by atoms with Gasteiger partial charge < -0.3 is 5.32 Å². The fourth-order valence-electron chi connectivity index (χ4n) is 1.55. The second-order valence-electron chi connectivity index (χ2n) is 3.31. The van der Waals surface area contributed by atoms with Crippen molar-refractivity contribution in [3.05, 3.63) is 38.8 Å². The minimum absolute atomic E-state index is 0.159. The number of hydrogen-bond acceptors (Lipinski definition) is 3. The van der Waals surface area contributed by atoms with Crippen LogP contribution in [0.25, 0.3) is 0 Å². The van der Waals surface area contributed by atoms with Crippen LogP contribution in [0.1, 0.15) is 17.3 Å². The number of rotatable bonds is 3. The number of halogens is 1. The van der Waals surface area contributed by atoms with E-state index in [0.717, 1.165) is 10.2 Å². The summed E-state index contributed by atoms with van der Waals surface area (Å²) in [5.74, 6) is 0. The van der Waals surface area contributed by atoms with Gasteiger partial charge in [-0.2, -0.15) is 16.4 Å². The molecule has 0 aliphatic heterocycles. The maximum Gasteiger partial charge on any atom is 0.0839 e. The van der Waals surface area contributed by atoms with Crippen molar-refractivity contribution in [3.8, 4) is 0 Å². The maximum atomic E-state index is 4.42. The van der Waals surface area contributed by atoms with E-state index < -0.39 is 0 Å². The third kappa shape index (κ3) is 2.14. The molecule has 0 spiro atoms. The van der Waals surface area contributed by atoms with Crippen molar-refractivity contribution in [3.63, 3.8) is 0 Å². The smallest absolute Gasteiger partial charge is 0.0839 e. The van der Waals surface area contributed by atoms with Crippen molar-refractivity contribution in [1.82, 2.24) is 15.1 Å². The van der Waals surface area contributed by atoms with Crippen LogP contribution >= 0.6 is 27.3 Å². The Labute approximate surface area is 101 Å². The molecule has 2 rings (SSSR count). The minimum atomic E-state index is 0.159. The summed E-state index contributed by atoms with van der Waals surface area (Å²) in [6.07, 6.45) is 1.96. The normalized spacial score (nSPS) is 13.0. The van der Waals surface area contributed by atoms with Crippen LogP contribution < -0.4 is 5.32 Å². The highest BCUT2D eigenvalue weighted by molar-refractivity contribution is 9.10. The van der Waals surface area contributed by atoms with Crippen LogP contribution in [-0.2, 0) is 7.05 Å². The molecule has 1 atom stereocenters. The lowest BCUT2D eigenvalue weighted by Crippen LogP contribution is -2.18. The van der Waals surface area contributed by atoms with Gasteiger partial charge in [-0.15, -0.1) is 0 Å². The molecule has 2 heterocycles. The monoisotopic (exact) mass is 285 g/mol. The van der Waals surface area contributed by atoms with Gasteiger partial charge in [-0.25, -0.2) is 0 Å². The van der Waals surface area contributed by atoms with Gasteiger partial charge in [-0.3, -0.25) is 4.68 Å². The molecule has 0 saturated heterocycles. The molecule has 80 valence electrons. The van der Waals surface area contributed by atoms with Gasteiger partial charge in [-0.05, 0) is 34.4 Å². The quantitative estimate of drug-likeness (QED) is 0.939. The summed E-state index contributed by atoms with van der Waals surface area (Å²) in [5, 5.41) is 11.9. The summed E-state index contributed by atoms with van der Waals surface area (Å²) < 4.78 is 2.96. The van der Waals surface area contributed by atoms with Crippen molar-refractivity contribution in [1.29, 1.82) is 0 Å². The van der Waals surface area contributed by atoms with E-state index in [4.69, 9.17) is 0 Å². The van der Waals surface area contributed by atoms with E-state index in [9.17, 15) is 0 Å². The molecular weight excluding hydrogens is 274 g/mol. The second-order valence-corrected chi connectivity index (χ2v) is 4.91. The zero-order valence-electron chi connectivity index (χ0n) is 8.57.